The molecule has 68 heavy (non-hydrogen) atoms. The van der Waals surface area contributed by atoms with Crippen LogP contribution >= 0.6 is 0 Å². The fourth-order valence-corrected chi connectivity index (χ4v) is 7.09. The Morgan fingerprint density at radius 1 is 0.559 bits per heavy atom. The molecule has 0 fully saturated rings. The predicted molar refractivity (Wildman–Crippen MR) is 234 cm³/mol. The highest BCUT2D eigenvalue weighted by molar-refractivity contribution is 6.06. The Morgan fingerprint density at radius 2 is 0.912 bits per heavy atom. The summed E-state index contributed by atoms with van der Waals surface area (Å²) in [6.07, 6.45) is -2.22. The van der Waals surface area contributed by atoms with E-state index in [0.29, 0.717) is 24.3 Å². The third-order valence-corrected chi connectivity index (χ3v) is 9.64. The van der Waals surface area contributed by atoms with Crippen molar-refractivity contribution in [3.8, 4) is 34.3 Å². The van der Waals surface area contributed by atoms with E-state index < -0.39 is 92.5 Å². The van der Waals surface area contributed by atoms with E-state index in [4.69, 9.17) is 30.4 Å². The van der Waals surface area contributed by atoms with Gasteiger partial charge in [0.25, 0.3) is 23.6 Å². The minimum Gasteiger partial charge on any atom is -0.494 e. The predicted octanol–water partition coefficient (Wildman–Crippen LogP) is 5.53. The largest absolute Gasteiger partial charge is 0.494 e. The average Bonchev–Trinajstić information content (AvgIpc) is 3.78. The van der Waals surface area contributed by atoms with E-state index in [0.717, 1.165) is 0 Å². The van der Waals surface area contributed by atoms with Gasteiger partial charge in [0.1, 0.15) is 57.2 Å². The summed E-state index contributed by atoms with van der Waals surface area (Å²) in [7, 11) is 2.40. The number of rotatable bonds is 11. The standard InChI is InChI=1S/C44H44F4N10O10/c1-43(2,3)67-41(63)55-53-39(61)23-15-19(45)17-25(47)29(23)37-51-31-27(11-9-21(35(49)59)33(31)65-7)57(37)13-14-58-28-12-10-22(36(50)60)34(66-8)32(28)52-38(58)30-24(16-20(46)18-26(30)48)40(62)54-56-42(64)68-44(4,5)6/h9-12,15-18H,13-14H2,1-8H3,(H2,49,59)(H2,50,60)(H,53,61)(H,54,62)(H,55,63)(H,56,64). The van der Waals surface area contributed by atoms with Crippen molar-refractivity contribution >= 4 is 57.9 Å². The van der Waals surface area contributed by atoms with Crippen LogP contribution in [-0.4, -0.2) is 80.3 Å². The summed E-state index contributed by atoms with van der Waals surface area (Å²) in [5.41, 5.74) is 14.5. The molecule has 6 rings (SSSR count). The lowest BCUT2D eigenvalue weighted by atomic mass is 10.0. The number of methoxy groups -OCH3 is 2. The number of amides is 6. The molecule has 0 saturated carbocycles. The molecule has 0 saturated heterocycles. The van der Waals surface area contributed by atoms with E-state index in [2.05, 4.69) is 20.8 Å². The molecular formula is C44H44F4N10O10. The summed E-state index contributed by atoms with van der Waals surface area (Å²) in [6.45, 7) is 8.58. The van der Waals surface area contributed by atoms with Gasteiger partial charge in [-0.1, -0.05) is 0 Å². The summed E-state index contributed by atoms with van der Waals surface area (Å²) in [5.74, 6) is -10.5. The number of halogens is 4. The van der Waals surface area contributed by atoms with E-state index in [1.54, 1.807) is 41.5 Å². The second-order valence-electron chi connectivity index (χ2n) is 16.7. The third kappa shape index (κ3) is 10.2. The lowest BCUT2D eigenvalue weighted by Gasteiger charge is -2.20. The van der Waals surface area contributed by atoms with Gasteiger partial charge in [0.05, 0.1) is 58.6 Å². The number of aromatic nitrogens is 4. The van der Waals surface area contributed by atoms with Crippen molar-refractivity contribution in [1.29, 1.82) is 0 Å². The van der Waals surface area contributed by atoms with Crippen LogP contribution in [0.25, 0.3) is 44.8 Å². The Bertz CT molecular complexity index is 2860. The number of benzene rings is 4. The van der Waals surface area contributed by atoms with Crippen LogP contribution in [-0.2, 0) is 22.6 Å². The molecular weight excluding hydrogens is 905 g/mol. The number of hydrogen-bond donors (Lipinski definition) is 6. The van der Waals surface area contributed by atoms with Crippen LogP contribution < -0.4 is 42.6 Å². The van der Waals surface area contributed by atoms with Gasteiger partial charge >= 0.3 is 12.2 Å². The van der Waals surface area contributed by atoms with Crippen LogP contribution in [0.1, 0.15) is 83.0 Å². The van der Waals surface area contributed by atoms with Crippen molar-refractivity contribution in [2.45, 2.75) is 65.8 Å². The molecule has 6 amide bonds. The second kappa shape index (κ2) is 18.8. The first-order chi connectivity index (χ1) is 31.8. The lowest BCUT2D eigenvalue weighted by Crippen LogP contribution is -2.44. The van der Waals surface area contributed by atoms with E-state index in [9.17, 15) is 28.8 Å². The molecule has 0 spiro atoms. The molecule has 358 valence electrons. The maximum atomic E-state index is 16.4. The monoisotopic (exact) mass is 948 g/mol. The molecule has 8 N–H and O–H groups in total. The van der Waals surface area contributed by atoms with Crippen LogP contribution in [0.4, 0.5) is 27.2 Å². The van der Waals surface area contributed by atoms with Gasteiger partial charge in [0, 0.05) is 25.2 Å². The molecule has 0 aliphatic heterocycles. The van der Waals surface area contributed by atoms with Crippen LogP contribution in [0.3, 0.4) is 0 Å². The normalized spacial score (nSPS) is 11.5. The molecule has 0 radical (unpaired) electrons. The van der Waals surface area contributed by atoms with Crippen molar-refractivity contribution in [2.75, 3.05) is 14.2 Å². The van der Waals surface area contributed by atoms with Crippen molar-refractivity contribution in [3.63, 3.8) is 0 Å². The molecule has 0 unspecified atom stereocenters. The van der Waals surface area contributed by atoms with Crippen LogP contribution in [0.2, 0.25) is 0 Å². The molecule has 2 heterocycles. The number of primary amides is 2. The number of nitrogens with two attached hydrogens (primary N) is 2. The number of carbonyl (C=O) groups excluding carboxylic acids is 6. The number of carbonyl (C=O) groups is 6. The summed E-state index contributed by atoms with van der Waals surface area (Å²) in [6, 6.07) is 7.58. The van der Waals surface area contributed by atoms with Gasteiger partial charge in [0.15, 0.2) is 11.5 Å². The topological polar surface area (TPSA) is 275 Å². The molecule has 0 aliphatic carbocycles. The Hall–Kier alpha value is -8.44. The van der Waals surface area contributed by atoms with Crippen molar-refractivity contribution in [1.82, 2.24) is 40.8 Å². The minimum atomic E-state index is -1.32. The van der Waals surface area contributed by atoms with Crippen LogP contribution in [0.15, 0.2) is 48.5 Å². The number of ether oxygens (including phenoxy) is 4. The van der Waals surface area contributed by atoms with E-state index in [1.165, 1.54) is 47.6 Å². The number of hydrazine groups is 2. The number of imidazole rings is 2. The number of hydrogen-bond acceptors (Lipinski definition) is 12. The molecule has 2 aromatic heterocycles. The molecule has 0 aliphatic rings. The quantitative estimate of drug-likeness (QED) is 0.0691. The first-order valence-electron chi connectivity index (χ1n) is 20.2. The van der Waals surface area contributed by atoms with Crippen molar-refractivity contribution < 1.29 is 65.3 Å². The van der Waals surface area contributed by atoms with Gasteiger partial charge in [-0.15, -0.1) is 0 Å². The SMILES string of the molecule is COc1c(C(N)=O)ccc2c1nc(-c1c(F)cc(F)cc1C(=O)NNC(=O)OC(C)(C)C)n2CCn1c(-c2c(F)cc(F)cc2C(=O)NNC(=O)OC(C)(C)C)nc2c(OC)c(C(N)=O)ccc21. The molecule has 20 nitrogen and oxygen atoms in total. The number of nitrogens with zero attached hydrogens (tertiary/aromatic N) is 4. The summed E-state index contributed by atoms with van der Waals surface area (Å²) < 4.78 is 86.7. The van der Waals surface area contributed by atoms with Gasteiger partial charge in [-0.25, -0.2) is 48.0 Å². The first-order valence-corrected chi connectivity index (χ1v) is 20.2. The van der Waals surface area contributed by atoms with E-state index in [1.807, 2.05) is 10.9 Å². The molecule has 0 atom stereocenters. The van der Waals surface area contributed by atoms with Crippen LogP contribution in [0.5, 0.6) is 11.5 Å². The number of aryl methyl sites for hydroxylation is 2. The highest BCUT2D eigenvalue weighted by Gasteiger charge is 2.31. The minimum absolute atomic E-state index is 0.102. The van der Waals surface area contributed by atoms with Gasteiger partial charge < -0.3 is 39.5 Å². The summed E-state index contributed by atoms with van der Waals surface area (Å²) >= 11 is 0. The Balaban J connectivity index is 1.58. The fourth-order valence-electron chi connectivity index (χ4n) is 7.09. The zero-order chi connectivity index (χ0) is 50.2. The fraction of sp³-hybridized carbons (Fsp3) is 0.273. The van der Waals surface area contributed by atoms with Crippen molar-refractivity contribution in [2.24, 2.45) is 11.5 Å². The Morgan fingerprint density at radius 3 is 1.22 bits per heavy atom. The zero-order valence-electron chi connectivity index (χ0n) is 37.6. The van der Waals surface area contributed by atoms with Crippen LogP contribution in [0, 0.1) is 23.3 Å². The number of fused-ring (bicyclic) bond motifs is 2. The smallest absolute Gasteiger partial charge is 0.426 e. The maximum Gasteiger partial charge on any atom is 0.426 e. The van der Waals surface area contributed by atoms with Gasteiger partial charge in [-0.05, 0) is 77.9 Å². The zero-order valence-corrected chi connectivity index (χ0v) is 37.6. The second-order valence-corrected chi connectivity index (χ2v) is 16.7. The van der Waals surface area contributed by atoms with E-state index >= 15 is 17.6 Å². The first kappa shape index (κ1) is 49.0. The molecule has 4 aromatic carbocycles. The lowest BCUT2D eigenvalue weighted by molar-refractivity contribution is 0.0477. The number of nitrogens with one attached hydrogen (secondary N) is 4. The maximum absolute atomic E-state index is 16.4. The molecule has 24 heteroatoms. The highest BCUT2D eigenvalue weighted by atomic mass is 19.1. The van der Waals surface area contributed by atoms with Gasteiger partial charge in [-0.3, -0.25) is 30.0 Å². The van der Waals surface area contributed by atoms with Gasteiger partial charge in [0.2, 0.25) is 0 Å². The third-order valence-electron chi connectivity index (χ3n) is 9.64. The van der Waals surface area contributed by atoms with E-state index in [-0.39, 0.29) is 69.4 Å². The Kier molecular flexibility index (Phi) is 13.6. The van der Waals surface area contributed by atoms with Crippen molar-refractivity contribution in [3.05, 3.63) is 94.1 Å². The molecule has 0 bridgehead atoms. The average molecular weight is 949 g/mol. The highest BCUT2D eigenvalue weighted by Crippen LogP contribution is 2.39. The van der Waals surface area contributed by atoms with Gasteiger partial charge in [-0.2, -0.15) is 0 Å². The molecule has 6 aromatic rings. The summed E-state index contributed by atoms with van der Waals surface area (Å²) in [5, 5.41) is 0. The summed E-state index contributed by atoms with van der Waals surface area (Å²) in [4.78, 5) is 86.5. The Labute approximate surface area is 383 Å².